The van der Waals surface area contributed by atoms with Crippen molar-refractivity contribution in [3.8, 4) is 0 Å². The summed E-state index contributed by atoms with van der Waals surface area (Å²) < 4.78 is 0. The standard InChI is InChI=1S/C10H18N2O4/c1-6(13)7(8(14)15)12-9(16)10(2)4-3-5-11-10/h6-7,11,13H,3-5H2,1-2H3,(H,12,16)(H,14,15). The quantitative estimate of drug-likeness (QED) is 0.500. The van der Waals surface area contributed by atoms with Gasteiger partial charge in [-0.15, -0.1) is 0 Å². The zero-order valence-corrected chi connectivity index (χ0v) is 9.49. The van der Waals surface area contributed by atoms with Crippen LogP contribution >= 0.6 is 0 Å². The van der Waals surface area contributed by atoms with Gasteiger partial charge in [0.1, 0.15) is 0 Å². The van der Waals surface area contributed by atoms with E-state index < -0.39 is 23.7 Å². The lowest BCUT2D eigenvalue weighted by atomic mass is 9.98. The average molecular weight is 230 g/mol. The molecule has 4 N–H and O–H groups in total. The number of rotatable bonds is 4. The van der Waals surface area contributed by atoms with Crippen LogP contribution in [0, 0.1) is 0 Å². The molecule has 0 bridgehead atoms. The predicted octanol–water partition coefficient (Wildman–Crippen LogP) is -0.921. The van der Waals surface area contributed by atoms with Crippen LogP contribution in [0.2, 0.25) is 0 Å². The van der Waals surface area contributed by atoms with E-state index in [0.29, 0.717) is 6.42 Å². The molecule has 1 fully saturated rings. The number of nitrogens with one attached hydrogen (secondary N) is 2. The highest BCUT2D eigenvalue weighted by atomic mass is 16.4. The highest BCUT2D eigenvalue weighted by Crippen LogP contribution is 2.18. The summed E-state index contributed by atoms with van der Waals surface area (Å²) in [6.45, 7) is 3.82. The molecule has 0 saturated carbocycles. The highest BCUT2D eigenvalue weighted by Gasteiger charge is 2.38. The van der Waals surface area contributed by atoms with E-state index in [1.165, 1.54) is 6.92 Å². The average Bonchev–Trinajstić information content (AvgIpc) is 2.61. The third-order valence-corrected chi connectivity index (χ3v) is 2.90. The molecule has 3 atom stereocenters. The minimum absolute atomic E-state index is 0.377. The predicted molar refractivity (Wildman–Crippen MR) is 56.9 cm³/mol. The lowest BCUT2D eigenvalue weighted by Gasteiger charge is -2.26. The molecule has 1 aliphatic heterocycles. The largest absolute Gasteiger partial charge is 0.480 e. The molecule has 0 aromatic rings. The summed E-state index contributed by atoms with van der Waals surface area (Å²) in [5, 5.41) is 23.4. The van der Waals surface area contributed by atoms with Gasteiger partial charge < -0.3 is 20.8 Å². The molecule has 0 radical (unpaired) electrons. The number of aliphatic carboxylic acids is 1. The van der Waals surface area contributed by atoms with Gasteiger partial charge in [0.05, 0.1) is 11.6 Å². The second kappa shape index (κ2) is 4.80. The molecule has 6 heteroatoms. The molecule has 0 aromatic carbocycles. The van der Waals surface area contributed by atoms with Crippen LogP contribution < -0.4 is 10.6 Å². The fraction of sp³-hybridized carbons (Fsp3) is 0.800. The summed E-state index contributed by atoms with van der Waals surface area (Å²) in [6.07, 6.45) is 0.438. The summed E-state index contributed by atoms with van der Waals surface area (Å²) in [7, 11) is 0. The first-order valence-electron chi connectivity index (χ1n) is 5.34. The van der Waals surface area contributed by atoms with Crippen molar-refractivity contribution in [3.63, 3.8) is 0 Å². The number of aliphatic hydroxyl groups excluding tert-OH is 1. The summed E-state index contributed by atoms with van der Waals surface area (Å²) in [6, 6.07) is -1.26. The fourth-order valence-electron chi connectivity index (χ4n) is 1.78. The van der Waals surface area contributed by atoms with Gasteiger partial charge in [0, 0.05) is 0 Å². The number of hydrogen-bond donors (Lipinski definition) is 4. The summed E-state index contributed by atoms with van der Waals surface area (Å²) in [4.78, 5) is 22.6. The molecule has 3 unspecified atom stereocenters. The lowest BCUT2D eigenvalue weighted by Crippen LogP contribution is -2.57. The van der Waals surface area contributed by atoms with Gasteiger partial charge in [-0.05, 0) is 33.2 Å². The van der Waals surface area contributed by atoms with Crippen LogP contribution in [0.3, 0.4) is 0 Å². The molecule has 16 heavy (non-hydrogen) atoms. The van der Waals surface area contributed by atoms with Gasteiger partial charge in [-0.2, -0.15) is 0 Å². The van der Waals surface area contributed by atoms with Gasteiger partial charge in [-0.3, -0.25) is 4.79 Å². The Morgan fingerprint density at radius 1 is 1.50 bits per heavy atom. The van der Waals surface area contributed by atoms with Crippen molar-refractivity contribution in [2.75, 3.05) is 6.54 Å². The number of hydrogen-bond acceptors (Lipinski definition) is 4. The molecule has 0 spiro atoms. The van der Waals surface area contributed by atoms with E-state index in [2.05, 4.69) is 10.6 Å². The van der Waals surface area contributed by atoms with Crippen LogP contribution in [0.1, 0.15) is 26.7 Å². The maximum Gasteiger partial charge on any atom is 0.328 e. The van der Waals surface area contributed by atoms with E-state index in [9.17, 15) is 14.7 Å². The van der Waals surface area contributed by atoms with Crippen LogP contribution in [0.25, 0.3) is 0 Å². The van der Waals surface area contributed by atoms with E-state index in [1.807, 2.05) is 0 Å². The van der Waals surface area contributed by atoms with E-state index in [1.54, 1.807) is 6.92 Å². The molecule has 1 aliphatic rings. The Morgan fingerprint density at radius 3 is 2.50 bits per heavy atom. The van der Waals surface area contributed by atoms with Crippen LogP contribution in [0.15, 0.2) is 0 Å². The smallest absolute Gasteiger partial charge is 0.328 e. The number of amides is 1. The molecule has 1 heterocycles. The highest BCUT2D eigenvalue weighted by molar-refractivity contribution is 5.90. The Morgan fingerprint density at radius 2 is 2.12 bits per heavy atom. The maximum absolute atomic E-state index is 11.8. The SMILES string of the molecule is CC(O)C(NC(=O)C1(C)CCCN1)C(=O)O. The number of carboxylic acids is 1. The molecule has 1 rings (SSSR count). The van der Waals surface area contributed by atoms with Crippen LogP contribution in [0.5, 0.6) is 0 Å². The first-order chi connectivity index (χ1) is 7.37. The fourth-order valence-corrected chi connectivity index (χ4v) is 1.78. The minimum atomic E-state index is -1.26. The van der Waals surface area contributed by atoms with Gasteiger partial charge in [0.2, 0.25) is 5.91 Å². The second-order valence-corrected chi connectivity index (χ2v) is 4.39. The summed E-state index contributed by atoms with van der Waals surface area (Å²) in [5.41, 5.74) is -0.720. The normalized spacial score (nSPS) is 28.4. The van der Waals surface area contributed by atoms with E-state index in [4.69, 9.17) is 5.11 Å². The van der Waals surface area contributed by atoms with E-state index in [0.717, 1.165) is 13.0 Å². The maximum atomic E-state index is 11.8. The Bertz CT molecular complexity index is 285. The van der Waals surface area contributed by atoms with Crippen molar-refractivity contribution in [2.24, 2.45) is 0 Å². The van der Waals surface area contributed by atoms with Crippen molar-refractivity contribution in [1.29, 1.82) is 0 Å². The first kappa shape index (κ1) is 12.9. The van der Waals surface area contributed by atoms with Crippen molar-refractivity contribution in [1.82, 2.24) is 10.6 Å². The summed E-state index contributed by atoms with van der Waals surface area (Å²) in [5.74, 6) is -1.61. The molecular formula is C10H18N2O4. The number of carboxylic acid groups (broad SMARTS) is 1. The zero-order chi connectivity index (χ0) is 12.3. The van der Waals surface area contributed by atoms with E-state index in [-0.39, 0.29) is 5.91 Å². The topological polar surface area (TPSA) is 98.7 Å². The van der Waals surface area contributed by atoms with Crippen LogP contribution in [-0.2, 0) is 9.59 Å². The molecule has 0 aromatic heterocycles. The monoisotopic (exact) mass is 230 g/mol. The zero-order valence-electron chi connectivity index (χ0n) is 9.49. The van der Waals surface area contributed by atoms with Crippen molar-refractivity contribution >= 4 is 11.9 Å². The third kappa shape index (κ3) is 2.70. The molecule has 6 nitrogen and oxygen atoms in total. The molecular weight excluding hydrogens is 212 g/mol. The van der Waals surface area contributed by atoms with Gasteiger partial charge in [-0.25, -0.2) is 4.79 Å². The van der Waals surface area contributed by atoms with Crippen molar-refractivity contribution in [2.45, 2.75) is 44.4 Å². The van der Waals surface area contributed by atoms with Crippen molar-refractivity contribution in [3.05, 3.63) is 0 Å². The lowest BCUT2D eigenvalue weighted by molar-refractivity contribution is -0.145. The van der Waals surface area contributed by atoms with Crippen LogP contribution in [0.4, 0.5) is 0 Å². The number of carbonyl (C=O) groups excluding carboxylic acids is 1. The third-order valence-electron chi connectivity index (χ3n) is 2.90. The Balaban J connectivity index is 2.65. The van der Waals surface area contributed by atoms with Gasteiger partial charge in [-0.1, -0.05) is 0 Å². The Kier molecular flexibility index (Phi) is 3.88. The molecule has 1 amide bonds. The van der Waals surface area contributed by atoms with Crippen molar-refractivity contribution < 1.29 is 19.8 Å². The Labute approximate surface area is 94.0 Å². The van der Waals surface area contributed by atoms with Gasteiger partial charge in [0.25, 0.3) is 0 Å². The molecule has 0 aliphatic carbocycles. The van der Waals surface area contributed by atoms with E-state index >= 15 is 0 Å². The van der Waals surface area contributed by atoms with Gasteiger partial charge in [0.15, 0.2) is 6.04 Å². The molecule has 92 valence electrons. The first-order valence-corrected chi connectivity index (χ1v) is 5.34. The number of carbonyl (C=O) groups is 2. The minimum Gasteiger partial charge on any atom is -0.480 e. The second-order valence-electron chi connectivity index (χ2n) is 4.39. The van der Waals surface area contributed by atoms with Crippen LogP contribution in [-0.4, -0.2) is 46.3 Å². The summed E-state index contributed by atoms with van der Waals surface area (Å²) >= 11 is 0. The number of aliphatic hydroxyl groups is 1. The van der Waals surface area contributed by atoms with Gasteiger partial charge >= 0.3 is 5.97 Å². The molecule has 1 saturated heterocycles. The Hall–Kier alpha value is -1.14.